The predicted molar refractivity (Wildman–Crippen MR) is 80.6 cm³/mol. The zero-order valence-electron chi connectivity index (χ0n) is 13.1. The number of rotatable bonds is 3. The van der Waals surface area contributed by atoms with Crippen molar-refractivity contribution in [3.05, 3.63) is 0 Å². The summed E-state index contributed by atoms with van der Waals surface area (Å²) in [6, 6.07) is 0. The van der Waals surface area contributed by atoms with Crippen LogP contribution < -0.4 is 0 Å². The Labute approximate surface area is 115 Å². The molecule has 2 aliphatic rings. The van der Waals surface area contributed by atoms with E-state index in [0.29, 0.717) is 0 Å². The lowest BCUT2D eigenvalue weighted by molar-refractivity contribution is 0.117. The van der Waals surface area contributed by atoms with Gasteiger partial charge in [0, 0.05) is 0 Å². The second-order valence-corrected chi connectivity index (χ2v) is 7.68. The first-order chi connectivity index (χ1) is 8.59. The summed E-state index contributed by atoms with van der Waals surface area (Å²) in [5, 5.41) is 0. The van der Waals surface area contributed by atoms with Crippen molar-refractivity contribution >= 4 is 0 Å². The average molecular weight is 250 g/mol. The van der Waals surface area contributed by atoms with Gasteiger partial charge in [-0.2, -0.15) is 0 Å². The van der Waals surface area contributed by atoms with E-state index in [1.807, 2.05) is 0 Å². The summed E-state index contributed by atoms with van der Waals surface area (Å²) in [5.74, 6) is 6.01. The molecule has 0 spiro atoms. The van der Waals surface area contributed by atoms with E-state index in [0.717, 1.165) is 35.5 Å². The Balaban J connectivity index is 1.85. The largest absolute Gasteiger partial charge is 0.0622 e. The molecular weight excluding hydrogens is 216 g/mol. The highest BCUT2D eigenvalue weighted by Gasteiger charge is 2.31. The molecule has 2 fully saturated rings. The fourth-order valence-electron chi connectivity index (χ4n) is 5.02. The van der Waals surface area contributed by atoms with Gasteiger partial charge in [0.25, 0.3) is 0 Å². The minimum absolute atomic E-state index is 0.989. The average Bonchev–Trinajstić information content (AvgIpc) is 2.31. The monoisotopic (exact) mass is 250 g/mol. The molecule has 0 aromatic rings. The van der Waals surface area contributed by atoms with E-state index >= 15 is 0 Å². The summed E-state index contributed by atoms with van der Waals surface area (Å²) in [4.78, 5) is 0. The fourth-order valence-corrected chi connectivity index (χ4v) is 5.02. The summed E-state index contributed by atoms with van der Waals surface area (Å²) >= 11 is 0. The van der Waals surface area contributed by atoms with Crippen molar-refractivity contribution in [2.75, 3.05) is 0 Å². The first kappa shape index (κ1) is 14.4. The van der Waals surface area contributed by atoms with Crippen molar-refractivity contribution in [1.82, 2.24) is 0 Å². The standard InChI is InChI=1S/C18H34/c1-13-7-5-8-14(2)17(13)11-12-18-15(3)9-6-10-16(18)4/h13-18H,5-12H2,1-4H3. The van der Waals surface area contributed by atoms with E-state index in [1.54, 1.807) is 0 Å². The van der Waals surface area contributed by atoms with Crippen LogP contribution >= 0.6 is 0 Å². The van der Waals surface area contributed by atoms with Crippen LogP contribution in [0.2, 0.25) is 0 Å². The molecule has 0 heterocycles. The Morgan fingerprint density at radius 1 is 0.556 bits per heavy atom. The van der Waals surface area contributed by atoms with E-state index in [1.165, 1.54) is 51.4 Å². The zero-order chi connectivity index (χ0) is 13.1. The van der Waals surface area contributed by atoms with E-state index in [2.05, 4.69) is 27.7 Å². The van der Waals surface area contributed by atoms with Crippen molar-refractivity contribution in [2.45, 2.75) is 79.1 Å². The molecule has 2 aliphatic carbocycles. The van der Waals surface area contributed by atoms with Crippen molar-refractivity contribution in [2.24, 2.45) is 35.5 Å². The van der Waals surface area contributed by atoms with Crippen LogP contribution in [-0.2, 0) is 0 Å². The molecule has 0 aliphatic heterocycles. The molecule has 4 atom stereocenters. The molecule has 0 saturated heterocycles. The van der Waals surface area contributed by atoms with E-state index in [9.17, 15) is 0 Å². The van der Waals surface area contributed by atoms with Gasteiger partial charge in [0.15, 0.2) is 0 Å². The van der Waals surface area contributed by atoms with E-state index < -0.39 is 0 Å². The zero-order valence-corrected chi connectivity index (χ0v) is 13.1. The summed E-state index contributed by atoms with van der Waals surface area (Å²) in [6.45, 7) is 10.0. The first-order valence-corrected chi connectivity index (χ1v) is 8.59. The van der Waals surface area contributed by atoms with Crippen LogP contribution in [0.1, 0.15) is 79.1 Å². The highest BCUT2D eigenvalue weighted by Crippen LogP contribution is 2.42. The lowest BCUT2D eigenvalue weighted by Crippen LogP contribution is -2.29. The van der Waals surface area contributed by atoms with Crippen LogP contribution in [0.5, 0.6) is 0 Å². The molecule has 2 saturated carbocycles. The minimum atomic E-state index is 0.989. The third-order valence-corrected chi connectivity index (χ3v) is 6.39. The summed E-state index contributed by atoms with van der Waals surface area (Å²) < 4.78 is 0. The number of hydrogen-bond donors (Lipinski definition) is 0. The Hall–Kier alpha value is 0. The van der Waals surface area contributed by atoms with Crippen LogP contribution in [-0.4, -0.2) is 0 Å². The topological polar surface area (TPSA) is 0 Å². The predicted octanol–water partition coefficient (Wildman–Crippen LogP) is 5.91. The summed E-state index contributed by atoms with van der Waals surface area (Å²) in [7, 11) is 0. The molecule has 0 aromatic heterocycles. The molecule has 0 nitrogen and oxygen atoms in total. The molecule has 0 bridgehead atoms. The SMILES string of the molecule is CC1CCCC(C)C1CCC1C(C)CCCC1C. The molecule has 4 unspecified atom stereocenters. The van der Waals surface area contributed by atoms with Gasteiger partial charge in [-0.15, -0.1) is 0 Å². The molecule has 0 aromatic carbocycles. The van der Waals surface area contributed by atoms with Crippen LogP contribution in [0.25, 0.3) is 0 Å². The van der Waals surface area contributed by atoms with Gasteiger partial charge in [-0.05, 0) is 48.3 Å². The molecule has 0 amide bonds. The molecular formula is C18H34. The van der Waals surface area contributed by atoms with Gasteiger partial charge in [0.05, 0.1) is 0 Å². The van der Waals surface area contributed by atoms with Crippen molar-refractivity contribution in [3.8, 4) is 0 Å². The smallest absolute Gasteiger partial charge is 0.0363 e. The first-order valence-electron chi connectivity index (χ1n) is 8.59. The van der Waals surface area contributed by atoms with Crippen molar-refractivity contribution in [1.29, 1.82) is 0 Å². The van der Waals surface area contributed by atoms with Crippen LogP contribution in [0.3, 0.4) is 0 Å². The normalized spacial score (nSPS) is 46.0. The molecule has 0 N–H and O–H groups in total. The molecule has 106 valence electrons. The maximum atomic E-state index is 2.51. The Bertz CT molecular complexity index is 198. The van der Waals surface area contributed by atoms with Crippen molar-refractivity contribution < 1.29 is 0 Å². The van der Waals surface area contributed by atoms with Gasteiger partial charge in [-0.3, -0.25) is 0 Å². The summed E-state index contributed by atoms with van der Waals surface area (Å²) in [6.07, 6.45) is 12.0. The fraction of sp³-hybridized carbons (Fsp3) is 1.00. The van der Waals surface area contributed by atoms with Gasteiger partial charge in [0.1, 0.15) is 0 Å². The highest BCUT2D eigenvalue weighted by molar-refractivity contribution is 4.82. The van der Waals surface area contributed by atoms with Gasteiger partial charge in [-0.25, -0.2) is 0 Å². The second kappa shape index (κ2) is 6.44. The molecule has 18 heavy (non-hydrogen) atoms. The van der Waals surface area contributed by atoms with E-state index in [-0.39, 0.29) is 0 Å². The van der Waals surface area contributed by atoms with Crippen LogP contribution in [0.15, 0.2) is 0 Å². The maximum Gasteiger partial charge on any atom is -0.0363 e. The number of hydrogen-bond acceptors (Lipinski definition) is 0. The van der Waals surface area contributed by atoms with Crippen molar-refractivity contribution in [3.63, 3.8) is 0 Å². The maximum absolute atomic E-state index is 2.51. The van der Waals surface area contributed by atoms with Crippen LogP contribution in [0.4, 0.5) is 0 Å². The van der Waals surface area contributed by atoms with Crippen LogP contribution in [0, 0.1) is 35.5 Å². The lowest BCUT2D eigenvalue weighted by Gasteiger charge is -2.39. The molecule has 2 rings (SSSR count). The lowest BCUT2D eigenvalue weighted by atomic mass is 9.67. The van der Waals surface area contributed by atoms with Gasteiger partial charge in [0.2, 0.25) is 0 Å². The summed E-state index contributed by atoms with van der Waals surface area (Å²) in [5.41, 5.74) is 0. The third kappa shape index (κ3) is 3.31. The second-order valence-electron chi connectivity index (χ2n) is 7.68. The van der Waals surface area contributed by atoms with Gasteiger partial charge < -0.3 is 0 Å². The van der Waals surface area contributed by atoms with Gasteiger partial charge in [-0.1, -0.05) is 66.2 Å². The molecule has 0 heteroatoms. The molecule has 0 radical (unpaired) electrons. The third-order valence-electron chi connectivity index (χ3n) is 6.39. The Morgan fingerprint density at radius 3 is 1.11 bits per heavy atom. The van der Waals surface area contributed by atoms with Gasteiger partial charge >= 0.3 is 0 Å². The highest BCUT2D eigenvalue weighted by atomic mass is 14.4. The minimum Gasteiger partial charge on any atom is -0.0622 e. The quantitative estimate of drug-likeness (QED) is 0.584. The Kier molecular flexibility index (Phi) is 5.15. The van der Waals surface area contributed by atoms with E-state index in [4.69, 9.17) is 0 Å². The Morgan fingerprint density at radius 2 is 0.833 bits per heavy atom.